The van der Waals surface area contributed by atoms with Crippen molar-refractivity contribution in [1.29, 1.82) is 0 Å². The van der Waals surface area contributed by atoms with E-state index in [9.17, 15) is 14.4 Å². The van der Waals surface area contributed by atoms with Crippen LogP contribution in [-0.4, -0.2) is 131 Å². The Bertz CT molecular complexity index is 1290. The summed E-state index contributed by atoms with van der Waals surface area (Å²) in [4.78, 5) is 47.2. The molecule has 0 N–H and O–H groups in total. The molecule has 0 amide bonds. The zero-order valence-corrected chi connectivity index (χ0v) is 29.9. The number of methoxy groups -OCH3 is 2. The lowest BCUT2D eigenvalue weighted by atomic mass is 10.0. The molecule has 0 unspecified atom stereocenters. The molecular weight excluding hydrogens is 609 g/mol. The number of ketones is 1. The number of carbonyl (C=O) groups is 3. The van der Waals surface area contributed by atoms with Crippen LogP contribution >= 0.6 is 22.7 Å². The zero-order chi connectivity index (χ0) is 32.9. The Labute approximate surface area is 277 Å². The number of piperazine rings is 2. The zero-order valence-electron chi connectivity index (χ0n) is 28.3. The maximum absolute atomic E-state index is 12.3. The molecule has 0 spiro atoms. The van der Waals surface area contributed by atoms with Crippen LogP contribution in [0.15, 0.2) is 16.8 Å². The number of Topliss-reactive ketones (excluding diaryl/α,β-unsaturated/α-hetero) is 1. The average molecular weight is 661 g/mol. The van der Waals surface area contributed by atoms with Gasteiger partial charge >= 0.3 is 11.9 Å². The van der Waals surface area contributed by atoms with E-state index in [0.29, 0.717) is 22.4 Å². The Balaban J connectivity index is 0.000000246. The van der Waals surface area contributed by atoms with Gasteiger partial charge in [-0.05, 0) is 83.9 Å². The summed E-state index contributed by atoms with van der Waals surface area (Å²) < 4.78 is 9.58. The summed E-state index contributed by atoms with van der Waals surface area (Å²) in [7, 11) is 7.12. The predicted molar refractivity (Wildman–Crippen MR) is 185 cm³/mol. The molecule has 2 aliphatic rings. The van der Waals surface area contributed by atoms with Gasteiger partial charge in [0.1, 0.15) is 0 Å². The van der Waals surface area contributed by atoms with Crippen LogP contribution in [0.25, 0.3) is 5.57 Å². The predicted octanol–water partition coefficient (Wildman–Crippen LogP) is 5.33. The fraction of sp³-hybridized carbons (Fsp3) is 0.618. The van der Waals surface area contributed by atoms with E-state index >= 15 is 0 Å². The second kappa shape index (κ2) is 18.7. The summed E-state index contributed by atoms with van der Waals surface area (Å²) in [6.45, 7) is 17.1. The van der Waals surface area contributed by atoms with Crippen molar-refractivity contribution in [3.05, 3.63) is 48.8 Å². The van der Waals surface area contributed by atoms with Crippen molar-refractivity contribution in [3.8, 4) is 0 Å². The standard InChI is InChI=1S/C18H28N2O2S.C16H24N2O3S/c1-5-15(7-6-8-20-11-9-19(3)10-12-20)17-14(2)16(13-23-17)18(21)22-4;1-12-13(16(20)21-3)11-22-15(12)14(19)5-4-6-18-9-7-17(2)8-10-18/h5,13H,6-12H2,1-4H3;11H,4-10H2,1-3H3/b15-5-;. The lowest BCUT2D eigenvalue weighted by Gasteiger charge is -2.32. The van der Waals surface area contributed by atoms with E-state index < -0.39 is 0 Å². The highest BCUT2D eigenvalue weighted by molar-refractivity contribution is 7.12. The van der Waals surface area contributed by atoms with Crippen molar-refractivity contribution in [2.75, 3.05) is 93.8 Å². The molecule has 0 saturated carbocycles. The second-order valence-corrected chi connectivity index (χ2v) is 13.7. The van der Waals surface area contributed by atoms with E-state index in [4.69, 9.17) is 9.47 Å². The van der Waals surface area contributed by atoms with Gasteiger partial charge < -0.3 is 29.1 Å². The summed E-state index contributed by atoms with van der Waals surface area (Å²) in [5, 5.41) is 3.63. The molecule has 250 valence electrons. The topological polar surface area (TPSA) is 82.6 Å². The first kappa shape index (κ1) is 37.1. The molecule has 45 heavy (non-hydrogen) atoms. The van der Waals surface area contributed by atoms with Crippen LogP contribution in [0.1, 0.15) is 79.0 Å². The monoisotopic (exact) mass is 660 g/mol. The fourth-order valence-corrected chi connectivity index (χ4v) is 7.85. The molecular formula is C34H52N4O5S2. The molecule has 9 nitrogen and oxygen atoms in total. The van der Waals surface area contributed by atoms with Crippen LogP contribution in [0.5, 0.6) is 0 Å². The number of allylic oxidation sites excluding steroid dienone is 2. The third-order valence-corrected chi connectivity index (χ3v) is 11.1. The number of carbonyl (C=O) groups excluding carboxylic acids is 3. The number of hydrogen-bond acceptors (Lipinski definition) is 11. The molecule has 0 bridgehead atoms. The van der Waals surface area contributed by atoms with Crippen molar-refractivity contribution < 1.29 is 23.9 Å². The summed E-state index contributed by atoms with van der Waals surface area (Å²) >= 11 is 2.99. The number of esters is 2. The number of thiophene rings is 2. The van der Waals surface area contributed by atoms with Gasteiger partial charge in [-0.25, -0.2) is 9.59 Å². The number of hydrogen-bond donors (Lipinski definition) is 0. The van der Waals surface area contributed by atoms with E-state index in [-0.39, 0.29) is 17.7 Å². The number of ether oxygens (including phenoxy) is 2. The van der Waals surface area contributed by atoms with Gasteiger partial charge in [0.2, 0.25) is 0 Å². The fourth-order valence-electron chi connectivity index (χ4n) is 5.65. The first-order valence-corrected chi connectivity index (χ1v) is 17.7. The molecule has 0 atom stereocenters. The van der Waals surface area contributed by atoms with Gasteiger partial charge in [0.15, 0.2) is 5.78 Å². The Morgan fingerprint density at radius 3 is 1.58 bits per heavy atom. The van der Waals surface area contributed by atoms with Gasteiger partial charge in [-0.2, -0.15) is 0 Å². The maximum atomic E-state index is 12.3. The number of likely N-dealkylation sites (N-methyl/N-ethyl adjacent to an activating group) is 2. The smallest absolute Gasteiger partial charge is 0.338 e. The van der Waals surface area contributed by atoms with E-state index in [2.05, 4.69) is 46.7 Å². The Kier molecular flexibility index (Phi) is 15.4. The van der Waals surface area contributed by atoms with Gasteiger partial charge in [-0.1, -0.05) is 6.08 Å². The van der Waals surface area contributed by atoms with E-state index in [1.165, 1.54) is 62.2 Å². The lowest BCUT2D eigenvalue weighted by molar-refractivity contribution is 0.0591. The van der Waals surface area contributed by atoms with E-state index in [1.54, 1.807) is 16.7 Å². The van der Waals surface area contributed by atoms with Crippen LogP contribution < -0.4 is 0 Å². The highest BCUT2D eigenvalue weighted by Gasteiger charge is 2.21. The molecule has 2 saturated heterocycles. The highest BCUT2D eigenvalue weighted by atomic mass is 32.1. The molecule has 4 heterocycles. The van der Waals surface area contributed by atoms with Gasteiger partial charge in [-0.15, -0.1) is 22.7 Å². The largest absolute Gasteiger partial charge is 0.465 e. The van der Waals surface area contributed by atoms with Crippen LogP contribution in [0.4, 0.5) is 0 Å². The minimum atomic E-state index is -0.370. The first-order valence-electron chi connectivity index (χ1n) is 15.9. The van der Waals surface area contributed by atoms with Gasteiger partial charge in [-0.3, -0.25) is 4.79 Å². The third kappa shape index (κ3) is 10.8. The molecule has 11 heteroatoms. The molecule has 0 radical (unpaired) electrons. The normalized spacial score (nSPS) is 17.1. The van der Waals surface area contributed by atoms with Crippen molar-refractivity contribution in [2.45, 2.75) is 46.5 Å². The Hall–Kier alpha value is -2.41. The van der Waals surface area contributed by atoms with Crippen molar-refractivity contribution in [3.63, 3.8) is 0 Å². The molecule has 2 aliphatic heterocycles. The highest BCUT2D eigenvalue weighted by Crippen LogP contribution is 2.32. The lowest BCUT2D eigenvalue weighted by Crippen LogP contribution is -2.44. The van der Waals surface area contributed by atoms with Crippen LogP contribution in [-0.2, 0) is 9.47 Å². The van der Waals surface area contributed by atoms with Crippen LogP contribution in [0.3, 0.4) is 0 Å². The summed E-state index contributed by atoms with van der Waals surface area (Å²) in [6.07, 6.45) is 5.81. The molecule has 2 aromatic rings. The second-order valence-electron chi connectivity index (χ2n) is 11.9. The number of rotatable bonds is 12. The van der Waals surface area contributed by atoms with Gasteiger partial charge in [0, 0.05) is 74.4 Å². The van der Waals surface area contributed by atoms with Crippen molar-refractivity contribution in [2.24, 2.45) is 0 Å². The Morgan fingerprint density at radius 1 is 0.711 bits per heavy atom. The Morgan fingerprint density at radius 2 is 1.13 bits per heavy atom. The maximum Gasteiger partial charge on any atom is 0.338 e. The average Bonchev–Trinajstić information content (AvgIpc) is 3.63. The van der Waals surface area contributed by atoms with Crippen molar-refractivity contribution in [1.82, 2.24) is 19.6 Å². The first-order chi connectivity index (χ1) is 21.6. The van der Waals surface area contributed by atoms with Crippen molar-refractivity contribution >= 4 is 46.0 Å². The third-order valence-electron chi connectivity index (χ3n) is 8.77. The quantitative estimate of drug-likeness (QED) is 0.222. The number of nitrogens with zero attached hydrogens (tertiary/aromatic N) is 4. The van der Waals surface area contributed by atoms with E-state index in [0.717, 1.165) is 69.7 Å². The summed E-state index contributed by atoms with van der Waals surface area (Å²) in [5.41, 5.74) is 4.36. The van der Waals surface area contributed by atoms with Gasteiger partial charge in [0.25, 0.3) is 0 Å². The SMILES string of the molecule is C/C=C(/CCCN1CCN(C)CC1)c1scc(C(=O)OC)c1C.COC(=O)c1csc(C(=O)CCCN2CCN(C)CC2)c1C. The summed E-state index contributed by atoms with van der Waals surface area (Å²) in [6, 6.07) is 0. The van der Waals surface area contributed by atoms with Crippen LogP contribution in [0.2, 0.25) is 0 Å². The minimum Gasteiger partial charge on any atom is -0.465 e. The summed E-state index contributed by atoms with van der Waals surface area (Å²) in [5.74, 6) is -0.477. The minimum absolute atomic E-state index is 0.131. The molecule has 0 aliphatic carbocycles. The molecule has 4 rings (SSSR count). The van der Waals surface area contributed by atoms with Crippen LogP contribution in [0, 0.1) is 13.8 Å². The van der Waals surface area contributed by atoms with Gasteiger partial charge in [0.05, 0.1) is 30.2 Å². The molecule has 0 aromatic carbocycles. The molecule has 2 aromatic heterocycles. The van der Waals surface area contributed by atoms with E-state index in [1.807, 2.05) is 19.2 Å². The molecule has 2 fully saturated rings.